The maximum absolute atomic E-state index is 5.75. The molecule has 1 aromatic rings. The van der Waals surface area contributed by atoms with Crippen molar-refractivity contribution in [2.75, 3.05) is 6.61 Å². The first-order valence-electron chi connectivity index (χ1n) is 9.93. The average molecular weight is 334 g/mol. The molecule has 0 aliphatic heterocycles. The summed E-state index contributed by atoms with van der Waals surface area (Å²) >= 11 is 0. The van der Waals surface area contributed by atoms with Gasteiger partial charge in [-0.15, -0.1) is 0 Å². The van der Waals surface area contributed by atoms with Crippen LogP contribution in [0.1, 0.15) is 83.6 Å². The summed E-state index contributed by atoms with van der Waals surface area (Å²) in [5, 5.41) is 0. The Bertz CT molecular complexity index is 363. The highest BCUT2D eigenvalue weighted by Gasteiger charge is 2.03. The summed E-state index contributed by atoms with van der Waals surface area (Å²) in [6, 6.07) is 10.3. The van der Waals surface area contributed by atoms with E-state index in [0.717, 1.165) is 13.0 Å². The summed E-state index contributed by atoms with van der Waals surface area (Å²) in [6.07, 6.45) is 13.6. The number of hydrogen-bond donors (Lipinski definition) is 0. The molecule has 137 valence electrons. The van der Waals surface area contributed by atoms with Gasteiger partial charge < -0.3 is 9.47 Å². The molecule has 1 atom stereocenters. The molecule has 0 aliphatic carbocycles. The average Bonchev–Trinajstić information content (AvgIpc) is 2.62. The fraction of sp³-hybridized carbons (Fsp3) is 0.682. The minimum absolute atomic E-state index is 0.0355. The molecule has 0 aromatic heterocycles. The van der Waals surface area contributed by atoms with E-state index in [1.165, 1.54) is 63.4 Å². The van der Waals surface area contributed by atoms with E-state index in [9.17, 15) is 0 Å². The van der Waals surface area contributed by atoms with Crippen LogP contribution in [-0.4, -0.2) is 12.7 Å². The zero-order valence-electron chi connectivity index (χ0n) is 15.8. The van der Waals surface area contributed by atoms with Gasteiger partial charge in [-0.2, -0.15) is 0 Å². The van der Waals surface area contributed by atoms with Crippen LogP contribution in [0.25, 0.3) is 0 Å². The number of unbranched alkanes of at least 4 members (excludes halogenated alkanes) is 9. The summed E-state index contributed by atoms with van der Waals surface area (Å²) in [5.41, 5.74) is 1.20. The minimum atomic E-state index is 0.0355. The van der Waals surface area contributed by atoms with E-state index in [4.69, 9.17) is 9.47 Å². The van der Waals surface area contributed by atoms with Gasteiger partial charge in [-0.05, 0) is 18.9 Å². The molecule has 2 heteroatoms. The Morgan fingerprint density at radius 1 is 0.833 bits per heavy atom. The Kier molecular flexibility index (Phi) is 13.8. The van der Waals surface area contributed by atoms with Crippen LogP contribution in [-0.2, 0) is 16.1 Å². The van der Waals surface area contributed by atoms with Crippen LogP contribution >= 0.6 is 0 Å². The second kappa shape index (κ2) is 15.7. The van der Waals surface area contributed by atoms with E-state index in [1.54, 1.807) is 0 Å². The predicted molar refractivity (Wildman–Crippen MR) is 103 cm³/mol. The summed E-state index contributed by atoms with van der Waals surface area (Å²) in [6.45, 7) is 7.59. The van der Waals surface area contributed by atoms with E-state index in [1.807, 2.05) is 31.7 Å². The lowest BCUT2D eigenvalue weighted by molar-refractivity contribution is 0.0224. The Labute approximate surface area is 149 Å². The Hall–Kier alpha value is -0.860. The van der Waals surface area contributed by atoms with E-state index in [0.29, 0.717) is 6.61 Å². The van der Waals surface area contributed by atoms with Crippen LogP contribution in [0.4, 0.5) is 0 Å². The van der Waals surface area contributed by atoms with Gasteiger partial charge in [0.15, 0.2) is 0 Å². The molecule has 0 amide bonds. The van der Waals surface area contributed by atoms with Gasteiger partial charge >= 0.3 is 0 Å². The van der Waals surface area contributed by atoms with Crippen LogP contribution in [0.5, 0.6) is 0 Å². The van der Waals surface area contributed by atoms with Crippen molar-refractivity contribution in [3.8, 4) is 0 Å². The highest BCUT2D eigenvalue weighted by molar-refractivity contribution is 5.13. The van der Waals surface area contributed by atoms with Gasteiger partial charge in [-0.1, -0.05) is 95.0 Å². The quantitative estimate of drug-likeness (QED) is 0.314. The standard InChI is InChI=1S/C22H37O2/c1-3-4-5-6-7-8-9-10-11-15-18-23-19-21(2)24-20-22-16-13-12-14-17-22/h12-14,16-17,19,21H,3-11,15,18,20H2,1-2H3. The van der Waals surface area contributed by atoms with Crippen molar-refractivity contribution >= 4 is 0 Å². The lowest BCUT2D eigenvalue weighted by Crippen LogP contribution is -2.11. The van der Waals surface area contributed by atoms with E-state index >= 15 is 0 Å². The molecule has 0 fully saturated rings. The highest BCUT2D eigenvalue weighted by atomic mass is 16.5. The molecular formula is C22H37O2. The van der Waals surface area contributed by atoms with Gasteiger partial charge in [0.05, 0.1) is 12.7 Å². The van der Waals surface area contributed by atoms with Crippen molar-refractivity contribution in [1.82, 2.24) is 0 Å². The number of rotatable bonds is 16. The molecule has 1 aromatic carbocycles. The monoisotopic (exact) mass is 333 g/mol. The smallest absolute Gasteiger partial charge is 0.112 e. The molecule has 2 nitrogen and oxygen atoms in total. The zero-order valence-corrected chi connectivity index (χ0v) is 15.8. The molecule has 0 N–H and O–H groups in total. The van der Waals surface area contributed by atoms with Crippen molar-refractivity contribution in [3.63, 3.8) is 0 Å². The third-order valence-electron chi connectivity index (χ3n) is 4.26. The maximum atomic E-state index is 5.75. The van der Waals surface area contributed by atoms with Crippen LogP contribution in [0.3, 0.4) is 0 Å². The predicted octanol–water partition coefficient (Wildman–Crippen LogP) is 6.69. The van der Waals surface area contributed by atoms with Crippen LogP contribution in [0.15, 0.2) is 30.3 Å². The van der Waals surface area contributed by atoms with E-state index in [-0.39, 0.29) is 6.10 Å². The number of ether oxygens (including phenoxy) is 2. The summed E-state index contributed by atoms with van der Waals surface area (Å²) in [5.74, 6) is 0. The van der Waals surface area contributed by atoms with Gasteiger partial charge in [-0.3, -0.25) is 0 Å². The summed E-state index contributed by atoms with van der Waals surface area (Å²) < 4.78 is 11.4. The summed E-state index contributed by atoms with van der Waals surface area (Å²) in [4.78, 5) is 0. The Morgan fingerprint density at radius 3 is 2.04 bits per heavy atom. The normalized spacial score (nSPS) is 12.4. The van der Waals surface area contributed by atoms with Crippen molar-refractivity contribution in [3.05, 3.63) is 42.5 Å². The van der Waals surface area contributed by atoms with Gasteiger partial charge in [0.25, 0.3) is 0 Å². The van der Waals surface area contributed by atoms with Crippen molar-refractivity contribution < 1.29 is 9.47 Å². The van der Waals surface area contributed by atoms with Gasteiger partial charge in [0, 0.05) is 6.61 Å². The summed E-state index contributed by atoms with van der Waals surface area (Å²) in [7, 11) is 0. The molecule has 0 spiro atoms. The molecule has 1 rings (SSSR count). The first kappa shape index (κ1) is 21.2. The van der Waals surface area contributed by atoms with Gasteiger partial charge in [-0.25, -0.2) is 0 Å². The molecule has 0 saturated carbocycles. The first-order chi connectivity index (χ1) is 11.8. The van der Waals surface area contributed by atoms with Crippen LogP contribution in [0.2, 0.25) is 0 Å². The Balaban J connectivity index is 1.81. The topological polar surface area (TPSA) is 18.5 Å². The molecule has 0 saturated heterocycles. The lowest BCUT2D eigenvalue weighted by atomic mass is 10.1. The lowest BCUT2D eigenvalue weighted by Gasteiger charge is -2.13. The second-order valence-corrected chi connectivity index (χ2v) is 6.69. The molecule has 0 bridgehead atoms. The number of benzene rings is 1. The van der Waals surface area contributed by atoms with Crippen LogP contribution in [0, 0.1) is 6.61 Å². The fourth-order valence-electron chi connectivity index (χ4n) is 2.72. The van der Waals surface area contributed by atoms with Gasteiger partial charge in [0.1, 0.15) is 6.61 Å². The molecule has 24 heavy (non-hydrogen) atoms. The molecule has 0 heterocycles. The minimum Gasteiger partial charge on any atom is -0.373 e. The zero-order chi connectivity index (χ0) is 17.3. The van der Waals surface area contributed by atoms with Crippen molar-refractivity contribution in [2.45, 2.75) is 90.8 Å². The molecule has 1 radical (unpaired) electrons. The van der Waals surface area contributed by atoms with Crippen molar-refractivity contribution in [1.29, 1.82) is 0 Å². The van der Waals surface area contributed by atoms with Crippen LogP contribution < -0.4 is 0 Å². The largest absolute Gasteiger partial charge is 0.373 e. The highest BCUT2D eigenvalue weighted by Crippen LogP contribution is 2.11. The maximum Gasteiger partial charge on any atom is 0.112 e. The number of hydrogen-bond acceptors (Lipinski definition) is 2. The Morgan fingerprint density at radius 2 is 1.42 bits per heavy atom. The fourth-order valence-corrected chi connectivity index (χ4v) is 2.72. The third-order valence-corrected chi connectivity index (χ3v) is 4.26. The van der Waals surface area contributed by atoms with Crippen molar-refractivity contribution in [2.24, 2.45) is 0 Å². The van der Waals surface area contributed by atoms with E-state index in [2.05, 4.69) is 19.1 Å². The molecule has 1 unspecified atom stereocenters. The molecular weight excluding hydrogens is 296 g/mol. The first-order valence-corrected chi connectivity index (χ1v) is 9.93. The van der Waals surface area contributed by atoms with E-state index < -0.39 is 0 Å². The SMILES string of the molecule is CCCCCCCCCCCCO[CH]C(C)OCc1ccccc1. The second-order valence-electron chi connectivity index (χ2n) is 6.69. The third kappa shape index (κ3) is 12.5. The van der Waals surface area contributed by atoms with Gasteiger partial charge in [0.2, 0.25) is 0 Å². The molecule has 0 aliphatic rings.